The van der Waals surface area contributed by atoms with Crippen LogP contribution in [0.3, 0.4) is 0 Å². The number of carbonyl (C=O) groups excluding carboxylic acids is 1. The number of halogens is 1. The maximum atomic E-state index is 11.7. The SMILES string of the molecule is CC(C)(C)SCCNC(=O)CCCc1ccc(Cl)cc1. The largest absolute Gasteiger partial charge is 0.355 e. The van der Waals surface area contributed by atoms with Gasteiger partial charge in [-0.2, -0.15) is 11.8 Å². The molecule has 0 aliphatic heterocycles. The van der Waals surface area contributed by atoms with Crippen LogP contribution in [-0.4, -0.2) is 23.0 Å². The van der Waals surface area contributed by atoms with Crippen LogP contribution in [0.25, 0.3) is 0 Å². The summed E-state index contributed by atoms with van der Waals surface area (Å²) in [5.41, 5.74) is 1.23. The third-order valence-corrected chi connectivity index (χ3v) is 4.27. The second-order valence-electron chi connectivity index (χ2n) is 5.79. The summed E-state index contributed by atoms with van der Waals surface area (Å²) in [7, 11) is 0. The molecule has 1 rings (SSSR count). The predicted molar refractivity (Wildman–Crippen MR) is 89.6 cm³/mol. The van der Waals surface area contributed by atoms with Crippen molar-refractivity contribution in [3.8, 4) is 0 Å². The molecule has 0 unspecified atom stereocenters. The highest BCUT2D eigenvalue weighted by Gasteiger charge is 2.09. The Morgan fingerprint density at radius 2 is 1.90 bits per heavy atom. The first-order valence-electron chi connectivity index (χ1n) is 7.02. The molecule has 2 nitrogen and oxygen atoms in total. The van der Waals surface area contributed by atoms with E-state index in [1.807, 2.05) is 36.0 Å². The van der Waals surface area contributed by atoms with Crippen LogP contribution in [0.1, 0.15) is 39.2 Å². The lowest BCUT2D eigenvalue weighted by Crippen LogP contribution is -2.26. The Labute approximate surface area is 131 Å². The number of aryl methyl sites for hydroxylation is 1. The fourth-order valence-electron chi connectivity index (χ4n) is 1.74. The normalized spacial score (nSPS) is 11.4. The number of benzene rings is 1. The van der Waals surface area contributed by atoms with Crippen LogP contribution in [0.2, 0.25) is 5.02 Å². The summed E-state index contributed by atoms with van der Waals surface area (Å²) in [6.07, 6.45) is 2.38. The van der Waals surface area contributed by atoms with Gasteiger partial charge in [0.15, 0.2) is 0 Å². The van der Waals surface area contributed by atoms with Crippen LogP contribution in [0, 0.1) is 0 Å². The Morgan fingerprint density at radius 3 is 2.50 bits per heavy atom. The molecule has 0 spiro atoms. The highest BCUT2D eigenvalue weighted by Crippen LogP contribution is 2.22. The second-order valence-corrected chi connectivity index (χ2v) is 8.15. The molecule has 0 aliphatic carbocycles. The zero-order valence-electron chi connectivity index (χ0n) is 12.5. The molecule has 0 fully saturated rings. The Morgan fingerprint density at radius 1 is 1.25 bits per heavy atom. The molecule has 0 saturated carbocycles. The standard InChI is InChI=1S/C16H24ClNOS/c1-16(2,3)20-12-11-18-15(19)6-4-5-13-7-9-14(17)10-8-13/h7-10H,4-6,11-12H2,1-3H3,(H,18,19). The molecule has 1 aromatic carbocycles. The third-order valence-electron chi connectivity index (χ3n) is 2.74. The van der Waals surface area contributed by atoms with Crippen LogP contribution in [-0.2, 0) is 11.2 Å². The van der Waals surface area contributed by atoms with Gasteiger partial charge in [-0.15, -0.1) is 0 Å². The first-order valence-corrected chi connectivity index (χ1v) is 8.38. The zero-order chi connectivity index (χ0) is 15.0. The van der Waals surface area contributed by atoms with Gasteiger partial charge in [-0.1, -0.05) is 44.5 Å². The maximum absolute atomic E-state index is 11.7. The van der Waals surface area contributed by atoms with Gasteiger partial charge < -0.3 is 5.32 Å². The number of hydrogen-bond acceptors (Lipinski definition) is 2. The van der Waals surface area contributed by atoms with Gasteiger partial charge in [0.25, 0.3) is 0 Å². The lowest BCUT2D eigenvalue weighted by molar-refractivity contribution is -0.121. The van der Waals surface area contributed by atoms with Crippen LogP contribution >= 0.6 is 23.4 Å². The fourth-order valence-corrected chi connectivity index (χ4v) is 2.68. The minimum Gasteiger partial charge on any atom is -0.355 e. The number of nitrogens with one attached hydrogen (secondary N) is 1. The van der Waals surface area contributed by atoms with E-state index in [-0.39, 0.29) is 10.7 Å². The summed E-state index contributed by atoms with van der Waals surface area (Å²) in [5, 5.41) is 3.72. The number of rotatable bonds is 7. The summed E-state index contributed by atoms with van der Waals surface area (Å²) in [5.74, 6) is 1.11. The van der Waals surface area contributed by atoms with Gasteiger partial charge in [0.2, 0.25) is 5.91 Å². The number of hydrogen-bond donors (Lipinski definition) is 1. The molecule has 4 heteroatoms. The van der Waals surface area contributed by atoms with Crippen molar-refractivity contribution in [1.29, 1.82) is 0 Å². The van der Waals surface area contributed by atoms with Gasteiger partial charge in [0.1, 0.15) is 0 Å². The first-order chi connectivity index (χ1) is 9.37. The molecule has 0 aromatic heterocycles. The average Bonchev–Trinajstić information content (AvgIpc) is 2.36. The first kappa shape index (κ1) is 17.4. The van der Waals surface area contributed by atoms with E-state index in [0.29, 0.717) is 6.42 Å². The molecule has 1 amide bonds. The number of thioether (sulfide) groups is 1. The van der Waals surface area contributed by atoms with Crippen molar-refractivity contribution < 1.29 is 4.79 Å². The van der Waals surface area contributed by atoms with Crippen LogP contribution < -0.4 is 5.32 Å². The Kier molecular flexibility index (Phi) is 7.46. The van der Waals surface area contributed by atoms with Crippen LogP contribution in [0.4, 0.5) is 0 Å². The Hall–Kier alpha value is -0.670. The van der Waals surface area contributed by atoms with E-state index in [0.717, 1.165) is 30.2 Å². The van der Waals surface area contributed by atoms with E-state index < -0.39 is 0 Å². The van der Waals surface area contributed by atoms with Gasteiger partial charge in [-0.05, 0) is 30.5 Å². The summed E-state index contributed by atoms with van der Waals surface area (Å²) < 4.78 is 0.263. The molecular weight excluding hydrogens is 290 g/mol. The smallest absolute Gasteiger partial charge is 0.220 e. The van der Waals surface area contributed by atoms with Gasteiger partial charge in [-0.3, -0.25) is 4.79 Å². The van der Waals surface area contributed by atoms with E-state index in [1.165, 1.54) is 5.56 Å². The third kappa shape index (κ3) is 8.49. The molecule has 20 heavy (non-hydrogen) atoms. The summed E-state index contributed by atoms with van der Waals surface area (Å²) in [6, 6.07) is 7.81. The zero-order valence-corrected chi connectivity index (χ0v) is 14.1. The quantitative estimate of drug-likeness (QED) is 0.760. The summed E-state index contributed by atoms with van der Waals surface area (Å²) in [6.45, 7) is 7.31. The van der Waals surface area contributed by atoms with E-state index in [1.54, 1.807) is 0 Å². The van der Waals surface area contributed by atoms with E-state index in [2.05, 4.69) is 26.1 Å². The number of carbonyl (C=O) groups is 1. The molecule has 0 aliphatic rings. The number of amides is 1. The lowest BCUT2D eigenvalue weighted by atomic mass is 10.1. The molecule has 0 heterocycles. The van der Waals surface area contributed by atoms with Gasteiger partial charge in [0, 0.05) is 28.5 Å². The van der Waals surface area contributed by atoms with Crippen molar-refractivity contribution in [2.75, 3.05) is 12.3 Å². The molecule has 0 radical (unpaired) electrons. The molecule has 1 aromatic rings. The van der Waals surface area contributed by atoms with Gasteiger partial charge in [-0.25, -0.2) is 0 Å². The average molecular weight is 314 g/mol. The summed E-state index contributed by atoms with van der Waals surface area (Å²) in [4.78, 5) is 11.7. The highest BCUT2D eigenvalue weighted by atomic mass is 35.5. The monoisotopic (exact) mass is 313 g/mol. The molecule has 112 valence electrons. The van der Waals surface area contributed by atoms with Crippen molar-refractivity contribution in [2.45, 2.75) is 44.8 Å². The predicted octanol–water partition coefficient (Wildman–Crippen LogP) is 4.31. The summed E-state index contributed by atoms with van der Waals surface area (Å²) >= 11 is 7.70. The van der Waals surface area contributed by atoms with Crippen molar-refractivity contribution in [3.63, 3.8) is 0 Å². The van der Waals surface area contributed by atoms with Gasteiger partial charge >= 0.3 is 0 Å². The molecule has 0 bridgehead atoms. The van der Waals surface area contributed by atoms with Crippen molar-refractivity contribution in [1.82, 2.24) is 5.32 Å². The minimum atomic E-state index is 0.147. The van der Waals surface area contributed by atoms with Crippen molar-refractivity contribution in [3.05, 3.63) is 34.9 Å². The van der Waals surface area contributed by atoms with E-state index >= 15 is 0 Å². The lowest BCUT2D eigenvalue weighted by Gasteiger charge is -2.17. The molecule has 0 saturated heterocycles. The van der Waals surface area contributed by atoms with Crippen molar-refractivity contribution in [2.24, 2.45) is 0 Å². The second kappa shape index (κ2) is 8.58. The molecular formula is C16H24ClNOS. The highest BCUT2D eigenvalue weighted by molar-refractivity contribution is 8.00. The topological polar surface area (TPSA) is 29.1 Å². The Bertz CT molecular complexity index is 411. The van der Waals surface area contributed by atoms with E-state index in [4.69, 9.17) is 11.6 Å². The van der Waals surface area contributed by atoms with Gasteiger partial charge in [0.05, 0.1) is 0 Å². The van der Waals surface area contributed by atoms with Crippen LogP contribution in [0.5, 0.6) is 0 Å². The van der Waals surface area contributed by atoms with E-state index in [9.17, 15) is 4.79 Å². The molecule has 1 N–H and O–H groups in total. The minimum absolute atomic E-state index is 0.147. The molecule has 0 atom stereocenters. The Balaban J connectivity index is 2.10. The van der Waals surface area contributed by atoms with Crippen LogP contribution in [0.15, 0.2) is 24.3 Å². The van der Waals surface area contributed by atoms with Crippen molar-refractivity contribution >= 4 is 29.3 Å². The maximum Gasteiger partial charge on any atom is 0.220 e. The fraction of sp³-hybridized carbons (Fsp3) is 0.562.